The van der Waals surface area contributed by atoms with E-state index in [2.05, 4.69) is 15.8 Å². The lowest BCUT2D eigenvalue weighted by atomic mass is 9.96. The zero-order valence-corrected chi connectivity index (χ0v) is 10.2. The molecule has 2 aliphatic rings. The fraction of sp³-hybridized carbons (Fsp3) is 0.818. The molecule has 0 saturated heterocycles. The first kappa shape index (κ1) is 10.9. The van der Waals surface area contributed by atoms with Crippen molar-refractivity contribution in [2.24, 2.45) is 16.9 Å². The molecule has 2 fully saturated rings. The Morgan fingerprint density at radius 3 is 2.60 bits per heavy atom. The van der Waals surface area contributed by atoms with Crippen LogP contribution in [0.3, 0.4) is 0 Å². The van der Waals surface area contributed by atoms with Crippen LogP contribution in [0.4, 0.5) is 0 Å². The summed E-state index contributed by atoms with van der Waals surface area (Å²) in [5.74, 6) is 1.80. The van der Waals surface area contributed by atoms with Crippen LogP contribution in [0.1, 0.15) is 39.5 Å². The molecular formula is C11H19N3S. The van der Waals surface area contributed by atoms with Crippen LogP contribution >= 0.6 is 12.2 Å². The second-order valence-electron chi connectivity index (χ2n) is 4.93. The Hall–Kier alpha value is -0.640. The van der Waals surface area contributed by atoms with Gasteiger partial charge in [-0.2, -0.15) is 5.10 Å². The normalized spacial score (nSPS) is 32.5. The highest BCUT2D eigenvalue weighted by Crippen LogP contribution is 2.44. The summed E-state index contributed by atoms with van der Waals surface area (Å²) in [6.45, 7) is 3.90. The Morgan fingerprint density at radius 1 is 1.27 bits per heavy atom. The largest absolute Gasteiger partial charge is 0.358 e. The van der Waals surface area contributed by atoms with Gasteiger partial charge in [0, 0.05) is 11.8 Å². The highest BCUT2D eigenvalue weighted by Gasteiger charge is 2.39. The maximum atomic E-state index is 5.20. The number of hydrazone groups is 1. The minimum absolute atomic E-state index is 0.594. The molecule has 2 bridgehead atoms. The molecule has 4 heteroatoms. The molecule has 0 heterocycles. The van der Waals surface area contributed by atoms with Crippen molar-refractivity contribution < 1.29 is 0 Å². The van der Waals surface area contributed by atoms with Crippen molar-refractivity contribution in [2.75, 3.05) is 0 Å². The SMILES string of the molecule is CC(C)=NNC(=S)N[C@H]1C[C@@H]2CC[C@H]1C2. The molecule has 0 radical (unpaired) electrons. The van der Waals surface area contributed by atoms with Gasteiger partial charge in [0.2, 0.25) is 0 Å². The summed E-state index contributed by atoms with van der Waals surface area (Å²) in [4.78, 5) is 0. The van der Waals surface area contributed by atoms with E-state index in [4.69, 9.17) is 12.2 Å². The Morgan fingerprint density at radius 2 is 2.07 bits per heavy atom. The molecule has 2 saturated carbocycles. The van der Waals surface area contributed by atoms with Gasteiger partial charge in [-0.05, 0) is 57.2 Å². The lowest BCUT2D eigenvalue weighted by Crippen LogP contribution is -2.42. The predicted octanol–water partition coefficient (Wildman–Crippen LogP) is 2.03. The summed E-state index contributed by atoms with van der Waals surface area (Å²) >= 11 is 5.20. The smallest absolute Gasteiger partial charge is 0.187 e. The predicted molar refractivity (Wildman–Crippen MR) is 66.9 cm³/mol. The first-order valence-corrected chi connectivity index (χ1v) is 6.13. The fourth-order valence-corrected chi connectivity index (χ4v) is 2.98. The maximum Gasteiger partial charge on any atom is 0.187 e. The third kappa shape index (κ3) is 2.68. The van der Waals surface area contributed by atoms with E-state index < -0.39 is 0 Å². The van der Waals surface area contributed by atoms with Crippen LogP contribution < -0.4 is 10.7 Å². The quantitative estimate of drug-likeness (QED) is 0.429. The minimum Gasteiger partial charge on any atom is -0.358 e. The van der Waals surface area contributed by atoms with Crippen LogP contribution in [-0.2, 0) is 0 Å². The van der Waals surface area contributed by atoms with Gasteiger partial charge < -0.3 is 5.32 Å². The third-order valence-corrected chi connectivity index (χ3v) is 3.64. The number of hydrogen-bond donors (Lipinski definition) is 2. The maximum absolute atomic E-state index is 5.20. The van der Waals surface area contributed by atoms with E-state index >= 15 is 0 Å². The summed E-state index contributed by atoms with van der Waals surface area (Å²) in [6, 6.07) is 0.594. The summed E-state index contributed by atoms with van der Waals surface area (Å²) in [5, 5.41) is 8.15. The van der Waals surface area contributed by atoms with Crippen molar-refractivity contribution in [1.29, 1.82) is 0 Å². The van der Waals surface area contributed by atoms with Crippen LogP contribution in [0.15, 0.2) is 5.10 Å². The first-order chi connectivity index (χ1) is 7.15. The minimum atomic E-state index is 0.594. The highest BCUT2D eigenvalue weighted by molar-refractivity contribution is 7.80. The van der Waals surface area contributed by atoms with E-state index in [1.807, 2.05) is 13.8 Å². The number of rotatable bonds is 2. The molecule has 2 N–H and O–H groups in total. The van der Waals surface area contributed by atoms with Crippen molar-refractivity contribution in [3.8, 4) is 0 Å². The molecule has 0 spiro atoms. The molecule has 0 unspecified atom stereocenters. The topological polar surface area (TPSA) is 36.4 Å². The number of fused-ring (bicyclic) bond motifs is 2. The van der Waals surface area contributed by atoms with Crippen LogP contribution in [-0.4, -0.2) is 16.9 Å². The molecule has 2 aliphatic carbocycles. The van der Waals surface area contributed by atoms with Crippen molar-refractivity contribution in [3.05, 3.63) is 0 Å². The van der Waals surface area contributed by atoms with E-state index in [-0.39, 0.29) is 0 Å². The molecule has 0 aromatic rings. The summed E-state index contributed by atoms with van der Waals surface area (Å²) in [7, 11) is 0. The lowest BCUT2D eigenvalue weighted by Gasteiger charge is -2.23. The number of thiocarbonyl (C=S) groups is 1. The van der Waals surface area contributed by atoms with E-state index in [9.17, 15) is 0 Å². The van der Waals surface area contributed by atoms with Crippen molar-refractivity contribution in [2.45, 2.75) is 45.6 Å². The third-order valence-electron chi connectivity index (χ3n) is 3.44. The van der Waals surface area contributed by atoms with E-state index in [1.165, 1.54) is 25.7 Å². The lowest BCUT2D eigenvalue weighted by molar-refractivity contribution is 0.389. The molecule has 0 aromatic carbocycles. The molecule has 15 heavy (non-hydrogen) atoms. The fourth-order valence-electron chi connectivity index (χ4n) is 2.78. The Labute approximate surface area is 96.7 Å². The van der Waals surface area contributed by atoms with Crippen LogP contribution in [0.2, 0.25) is 0 Å². The number of nitrogens with zero attached hydrogens (tertiary/aromatic N) is 1. The molecular weight excluding hydrogens is 206 g/mol. The van der Waals surface area contributed by atoms with Crippen LogP contribution in [0, 0.1) is 11.8 Å². The van der Waals surface area contributed by atoms with Crippen LogP contribution in [0.5, 0.6) is 0 Å². The van der Waals surface area contributed by atoms with Gasteiger partial charge in [-0.25, -0.2) is 0 Å². The highest BCUT2D eigenvalue weighted by atomic mass is 32.1. The van der Waals surface area contributed by atoms with Gasteiger partial charge >= 0.3 is 0 Å². The Kier molecular flexibility index (Phi) is 3.24. The molecule has 3 atom stereocenters. The first-order valence-electron chi connectivity index (χ1n) is 5.72. The second-order valence-corrected chi connectivity index (χ2v) is 5.33. The average molecular weight is 225 g/mol. The zero-order chi connectivity index (χ0) is 10.8. The zero-order valence-electron chi connectivity index (χ0n) is 9.42. The van der Waals surface area contributed by atoms with Gasteiger partial charge in [0.05, 0.1) is 0 Å². The number of hydrogen-bond acceptors (Lipinski definition) is 2. The van der Waals surface area contributed by atoms with Gasteiger partial charge in [-0.3, -0.25) is 5.43 Å². The standard InChI is InChI=1S/C11H19N3S/c1-7(2)13-14-11(15)12-10-6-8-3-4-9(10)5-8/h8-10H,3-6H2,1-2H3,(H2,12,14,15)/t8-,9+,10+/m1/s1. The molecule has 0 aromatic heterocycles. The van der Waals surface area contributed by atoms with Crippen molar-refractivity contribution >= 4 is 23.0 Å². The van der Waals surface area contributed by atoms with Gasteiger partial charge in [0.25, 0.3) is 0 Å². The van der Waals surface area contributed by atoms with Crippen molar-refractivity contribution in [1.82, 2.24) is 10.7 Å². The van der Waals surface area contributed by atoms with Crippen molar-refractivity contribution in [3.63, 3.8) is 0 Å². The van der Waals surface area contributed by atoms with Gasteiger partial charge in [0.15, 0.2) is 5.11 Å². The van der Waals surface area contributed by atoms with E-state index in [1.54, 1.807) is 0 Å². The summed E-state index contributed by atoms with van der Waals surface area (Å²) in [6.07, 6.45) is 5.49. The van der Waals surface area contributed by atoms with Crippen LogP contribution in [0.25, 0.3) is 0 Å². The van der Waals surface area contributed by atoms with Gasteiger partial charge in [-0.1, -0.05) is 6.42 Å². The molecule has 0 aliphatic heterocycles. The molecule has 3 nitrogen and oxygen atoms in total. The monoisotopic (exact) mass is 225 g/mol. The number of nitrogens with one attached hydrogen (secondary N) is 2. The molecule has 0 amide bonds. The molecule has 84 valence electrons. The Balaban J connectivity index is 1.77. The van der Waals surface area contributed by atoms with Gasteiger partial charge in [0.1, 0.15) is 0 Å². The summed E-state index contributed by atoms with van der Waals surface area (Å²) < 4.78 is 0. The van der Waals surface area contributed by atoms with Gasteiger partial charge in [-0.15, -0.1) is 0 Å². The second kappa shape index (κ2) is 4.47. The van der Waals surface area contributed by atoms with E-state index in [0.29, 0.717) is 11.2 Å². The Bertz CT molecular complexity index is 284. The molecule has 2 rings (SSSR count). The average Bonchev–Trinajstić information content (AvgIpc) is 2.76. The van der Waals surface area contributed by atoms with E-state index in [0.717, 1.165) is 17.5 Å². The summed E-state index contributed by atoms with van der Waals surface area (Å²) in [5.41, 5.74) is 3.87.